The van der Waals surface area contributed by atoms with Crippen molar-refractivity contribution in [3.05, 3.63) is 17.0 Å². The number of aromatic nitrogens is 2. The Kier molecular flexibility index (Phi) is 3.53. The van der Waals surface area contributed by atoms with E-state index in [-0.39, 0.29) is 0 Å². The number of aryl methyl sites for hydroxylation is 2. The van der Waals surface area contributed by atoms with E-state index in [1.165, 1.54) is 0 Å². The minimum absolute atomic E-state index is 0.876. The molecule has 0 saturated heterocycles. The molecule has 2 N–H and O–H groups in total. The van der Waals surface area contributed by atoms with Crippen LogP contribution in [0.25, 0.3) is 0 Å². The maximum Gasteiger partial charge on any atom is 0.0750 e. The van der Waals surface area contributed by atoms with Crippen LogP contribution in [0.3, 0.4) is 0 Å². The zero-order chi connectivity index (χ0) is 9.68. The normalized spacial score (nSPS) is 9.46. The van der Waals surface area contributed by atoms with E-state index in [0.29, 0.717) is 0 Å². The van der Waals surface area contributed by atoms with Gasteiger partial charge >= 0.3 is 0 Å². The number of nitrogens with one attached hydrogen (secondary N) is 2. The Bertz CT molecular complexity index is 308. The SMILES string of the molecule is CNCCC#Cc1c(C)n[nH]c1C. The highest BCUT2D eigenvalue weighted by Crippen LogP contribution is 2.06. The van der Waals surface area contributed by atoms with Gasteiger partial charge in [0.25, 0.3) is 0 Å². The zero-order valence-electron chi connectivity index (χ0n) is 8.36. The maximum atomic E-state index is 4.07. The molecule has 0 aromatic carbocycles. The Morgan fingerprint density at radius 2 is 2.23 bits per heavy atom. The lowest BCUT2D eigenvalue weighted by atomic mass is 10.2. The Balaban J connectivity index is 2.65. The average molecular weight is 177 g/mol. The molecule has 0 aliphatic heterocycles. The van der Waals surface area contributed by atoms with Crippen molar-refractivity contribution in [2.24, 2.45) is 0 Å². The Morgan fingerprint density at radius 3 is 2.77 bits per heavy atom. The molecule has 0 fully saturated rings. The fourth-order valence-corrected chi connectivity index (χ4v) is 1.07. The summed E-state index contributed by atoms with van der Waals surface area (Å²) in [5, 5.41) is 10.0. The lowest BCUT2D eigenvalue weighted by molar-refractivity contribution is 0.818. The third-order valence-electron chi connectivity index (χ3n) is 1.84. The van der Waals surface area contributed by atoms with Gasteiger partial charge in [-0.3, -0.25) is 5.10 Å². The fourth-order valence-electron chi connectivity index (χ4n) is 1.07. The zero-order valence-corrected chi connectivity index (χ0v) is 8.36. The highest BCUT2D eigenvalue weighted by Gasteiger charge is 2.00. The standard InChI is InChI=1S/C10H15N3/c1-8-10(9(2)13-12-8)6-4-5-7-11-3/h11H,5,7H2,1-3H3,(H,12,13). The van der Waals surface area contributed by atoms with Crippen molar-refractivity contribution in [3.63, 3.8) is 0 Å². The monoisotopic (exact) mass is 177 g/mol. The number of hydrogen-bond donors (Lipinski definition) is 2. The summed E-state index contributed by atoms with van der Waals surface area (Å²) in [7, 11) is 1.93. The summed E-state index contributed by atoms with van der Waals surface area (Å²) in [6.07, 6.45) is 0.876. The molecule has 0 spiro atoms. The topological polar surface area (TPSA) is 40.7 Å². The second-order valence-corrected chi connectivity index (χ2v) is 2.96. The lowest BCUT2D eigenvalue weighted by Gasteiger charge is -1.89. The lowest BCUT2D eigenvalue weighted by Crippen LogP contribution is -2.05. The Labute approximate surface area is 78.9 Å². The molecule has 3 nitrogen and oxygen atoms in total. The number of H-pyrrole nitrogens is 1. The molecular weight excluding hydrogens is 162 g/mol. The third kappa shape index (κ3) is 2.60. The van der Waals surface area contributed by atoms with Crippen LogP contribution in [0.2, 0.25) is 0 Å². The predicted octanol–water partition coefficient (Wildman–Crippen LogP) is 0.988. The summed E-state index contributed by atoms with van der Waals surface area (Å²) in [5.74, 6) is 6.21. The van der Waals surface area contributed by atoms with Gasteiger partial charge in [0.1, 0.15) is 0 Å². The highest BCUT2D eigenvalue weighted by atomic mass is 15.1. The smallest absolute Gasteiger partial charge is 0.0750 e. The summed E-state index contributed by atoms with van der Waals surface area (Å²) in [6, 6.07) is 0. The minimum Gasteiger partial charge on any atom is -0.319 e. The first kappa shape index (κ1) is 9.82. The van der Waals surface area contributed by atoms with Crippen molar-refractivity contribution in [1.29, 1.82) is 0 Å². The molecule has 0 saturated carbocycles. The Morgan fingerprint density at radius 1 is 1.46 bits per heavy atom. The van der Waals surface area contributed by atoms with Crippen molar-refractivity contribution in [1.82, 2.24) is 15.5 Å². The van der Waals surface area contributed by atoms with E-state index in [1.807, 2.05) is 20.9 Å². The van der Waals surface area contributed by atoms with E-state index in [4.69, 9.17) is 0 Å². The van der Waals surface area contributed by atoms with Gasteiger partial charge in [-0.05, 0) is 20.9 Å². The van der Waals surface area contributed by atoms with Gasteiger partial charge in [0.05, 0.1) is 11.3 Å². The predicted molar refractivity (Wildman–Crippen MR) is 53.5 cm³/mol. The molecular formula is C10H15N3. The average Bonchev–Trinajstić information content (AvgIpc) is 2.42. The number of hydrogen-bond acceptors (Lipinski definition) is 2. The fraction of sp³-hybridized carbons (Fsp3) is 0.500. The minimum atomic E-state index is 0.876. The first-order chi connectivity index (χ1) is 6.25. The van der Waals surface area contributed by atoms with Gasteiger partial charge in [0.15, 0.2) is 0 Å². The van der Waals surface area contributed by atoms with E-state index < -0.39 is 0 Å². The molecule has 1 aromatic heterocycles. The number of rotatable bonds is 2. The van der Waals surface area contributed by atoms with Crippen LogP contribution < -0.4 is 5.32 Å². The van der Waals surface area contributed by atoms with Crippen molar-refractivity contribution in [3.8, 4) is 11.8 Å². The molecule has 0 aliphatic rings. The van der Waals surface area contributed by atoms with E-state index in [9.17, 15) is 0 Å². The van der Waals surface area contributed by atoms with Gasteiger partial charge in [-0.2, -0.15) is 5.10 Å². The summed E-state index contributed by atoms with van der Waals surface area (Å²) in [6.45, 7) is 4.89. The van der Waals surface area contributed by atoms with E-state index in [2.05, 4.69) is 27.4 Å². The van der Waals surface area contributed by atoms with Crippen LogP contribution in [0.4, 0.5) is 0 Å². The van der Waals surface area contributed by atoms with Gasteiger partial charge < -0.3 is 5.32 Å². The van der Waals surface area contributed by atoms with Crippen LogP contribution in [0.15, 0.2) is 0 Å². The summed E-state index contributed by atoms with van der Waals surface area (Å²) < 4.78 is 0. The van der Waals surface area contributed by atoms with E-state index in [0.717, 1.165) is 29.9 Å². The molecule has 1 aromatic rings. The highest BCUT2D eigenvalue weighted by molar-refractivity contribution is 5.40. The van der Waals surface area contributed by atoms with E-state index in [1.54, 1.807) is 0 Å². The van der Waals surface area contributed by atoms with E-state index >= 15 is 0 Å². The van der Waals surface area contributed by atoms with Crippen molar-refractivity contribution < 1.29 is 0 Å². The van der Waals surface area contributed by atoms with Crippen LogP contribution in [0.5, 0.6) is 0 Å². The van der Waals surface area contributed by atoms with Gasteiger partial charge in [-0.1, -0.05) is 11.8 Å². The molecule has 13 heavy (non-hydrogen) atoms. The quantitative estimate of drug-likeness (QED) is 0.522. The summed E-state index contributed by atoms with van der Waals surface area (Å²) in [5.41, 5.74) is 3.07. The summed E-state index contributed by atoms with van der Waals surface area (Å²) in [4.78, 5) is 0. The van der Waals surface area contributed by atoms with Gasteiger partial charge in [0.2, 0.25) is 0 Å². The molecule has 0 amide bonds. The van der Waals surface area contributed by atoms with Gasteiger partial charge in [-0.15, -0.1) is 0 Å². The molecule has 0 bridgehead atoms. The molecule has 1 rings (SSSR count). The molecule has 0 radical (unpaired) electrons. The maximum absolute atomic E-state index is 4.07. The Hall–Kier alpha value is -1.27. The van der Waals surface area contributed by atoms with Crippen LogP contribution in [0, 0.1) is 25.7 Å². The van der Waals surface area contributed by atoms with Gasteiger partial charge in [0, 0.05) is 18.7 Å². The third-order valence-corrected chi connectivity index (χ3v) is 1.84. The largest absolute Gasteiger partial charge is 0.319 e. The van der Waals surface area contributed by atoms with Crippen LogP contribution in [-0.2, 0) is 0 Å². The van der Waals surface area contributed by atoms with Crippen molar-refractivity contribution in [2.45, 2.75) is 20.3 Å². The van der Waals surface area contributed by atoms with Crippen LogP contribution in [0.1, 0.15) is 23.4 Å². The van der Waals surface area contributed by atoms with Gasteiger partial charge in [-0.25, -0.2) is 0 Å². The summed E-state index contributed by atoms with van der Waals surface area (Å²) >= 11 is 0. The molecule has 0 unspecified atom stereocenters. The van der Waals surface area contributed by atoms with Crippen LogP contribution >= 0.6 is 0 Å². The molecule has 70 valence electrons. The number of aromatic amines is 1. The molecule has 3 heteroatoms. The second-order valence-electron chi connectivity index (χ2n) is 2.96. The molecule has 0 aliphatic carbocycles. The first-order valence-corrected chi connectivity index (χ1v) is 4.40. The van der Waals surface area contributed by atoms with Crippen LogP contribution in [-0.4, -0.2) is 23.8 Å². The first-order valence-electron chi connectivity index (χ1n) is 4.40. The van der Waals surface area contributed by atoms with Crippen molar-refractivity contribution >= 4 is 0 Å². The molecule has 1 heterocycles. The second kappa shape index (κ2) is 4.68. The van der Waals surface area contributed by atoms with Crippen molar-refractivity contribution in [2.75, 3.05) is 13.6 Å². The molecule has 0 atom stereocenters. The number of nitrogens with zero attached hydrogens (tertiary/aromatic N) is 1.